The van der Waals surface area contributed by atoms with Crippen LogP contribution >= 0.6 is 11.3 Å². The van der Waals surface area contributed by atoms with Gasteiger partial charge in [-0.1, -0.05) is 54.3 Å². The highest BCUT2D eigenvalue weighted by Gasteiger charge is 2.00. The van der Waals surface area contributed by atoms with Gasteiger partial charge in [-0.3, -0.25) is 0 Å². The Morgan fingerprint density at radius 3 is 2.42 bits per heavy atom. The second kappa shape index (κ2) is 8.44. The summed E-state index contributed by atoms with van der Waals surface area (Å²) in [6, 6.07) is 22.3. The van der Waals surface area contributed by atoms with Crippen molar-refractivity contribution in [2.24, 2.45) is 0 Å². The lowest BCUT2D eigenvalue weighted by Gasteiger charge is -2.01. The highest BCUT2D eigenvalue weighted by Crippen LogP contribution is 2.27. The van der Waals surface area contributed by atoms with Gasteiger partial charge in [-0.05, 0) is 35.4 Å². The second-order valence-electron chi connectivity index (χ2n) is 5.22. The molecule has 0 N–H and O–H groups in total. The van der Waals surface area contributed by atoms with Crippen LogP contribution in [0.4, 0.5) is 4.39 Å². The molecule has 1 nitrogen and oxygen atoms in total. The van der Waals surface area contributed by atoms with Gasteiger partial charge in [0.25, 0.3) is 0 Å². The Balaban J connectivity index is 1.66. The summed E-state index contributed by atoms with van der Waals surface area (Å²) >= 11 is 1.69. The van der Waals surface area contributed by atoms with E-state index < -0.39 is 6.67 Å². The van der Waals surface area contributed by atoms with Gasteiger partial charge in [0.05, 0.1) is 18.1 Å². The third-order valence-electron chi connectivity index (χ3n) is 3.44. The summed E-state index contributed by atoms with van der Waals surface area (Å²) in [5.74, 6) is 6.39. The summed E-state index contributed by atoms with van der Waals surface area (Å²) in [7, 11) is 0. The average molecular weight is 336 g/mol. The predicted molar refractivity (Wildman–Crippen MR) is 97.8 cm³/mol. The van der Waals surface area contributed by atoms with Crippen molar-refractivity contribution in [3.05, 3.63) is 82.7 Å². The number of thiophene rings is 1. The first-order valence-corrected chi connectivity index (χ1v) is 8.57. The van der Waals surface area contributed by atoms with Crippen LogP contribution in [0.5, 0.6) is 0 Å². The smallest absolute Gasteiger partial charge is 0.113 e. The molecule has 0 atom stereocenters. The van der Waals surface area contributed by atoms with Gasteiger partial charge < -0.3 is 4.74 Å². The van der Waals surface area contributed by atoms with Crippen molar-refractivity contribution in [3.63, 3.8) is 0 Å². The fourth-order valence-corrected chi connectivity index (χ4v) is 3.09. The van der Waals surface area contributed by atoms with E-state index in [1.165, 1.54) is 10.4 Å². The molecule has 3 heteroatoms. The summed E-state index contributed by atoms with van der Waals surface area (Å²) in [4.78, 5) is 2.27. The van der Waals surface area contributed by atoms with Gasteiger partial charge in [0.2, 0.25) is 0 Å². The molecule has 0 aliphatic rings. The van der Waals surface area contributed by atoms with Crippen molar-refractivity contribution in [1.82, 2.24) is 0 Å². The maximum absolute atomic E-state index is 12.0. The van der Waals surface area contributed by atoms with Crippen LogP contribution in [0, 0.1) is 11.8 Å². The zero-order chi connectivity index (χ0) is 16.6. The highest BCUT2D eigenvalue weighted by molar-refractivity contribution is 7.16. The lowest BCUT2D eigenvalue weighted by atomic mass is 10.1. The Morgan fingerprint density at radius 2 is 1.67 bits per heavy atom. The molecule has 0 bridgehead atoms. The summed E-state index contributed by atoms with van der Waals surface area (Å²) < 4.78 is 17.2. The Bertz CT molecular complexity index is 826. The minimum absolute atomic E-state index is 0.143. The van der Waals surface area contributed by atoms with Crippen LogP contribution in [0.25, 0.3) is 10.4 Å². The van der Waals surface area contributed by atoms with Crippen LogP contribution < -0.4 is 0 Å². The third-order valence-corrected chi connectivity index (χ3v) is 4.49. The summed E-state index contributed by atoms with van der Waals surface area (Å²) in [6.45, 7) is 0.127. The fraction of sp³-hybridized carbons (Fsp3) is 0.143. The first kappa shape index (κ1) is 16.4. The van der Waals surface area contributed by atoms with Gasteiger partial charge in [0.15, 0.2) is 0 Å². The van der Waals surface area contributed by atoms with Crippen LogP contribution in [0.1, 0.15) is 16.0 Å². The van der Waals surface area contributed by atoms with Crippen molar-refractivity contribution in [1.29, 1.82) is 0 Å². The fourth-order valence-electron chi connectivity index (χ4n) is 2.23. The Kier molecular flexibility index (Phi) is 5.79. The molecule has 2 aromatic carbocycles. The largest absolute Gasteiger partial charge is 0.374 e. The van der Waals surface area contributed by atoms with E-state index in [4.69, 9.17) is 4.74 Å². The number of rotatable bonds is 5. The second-order valence-corrected chi connectivity index (χ2v) is 6.30. The zero-order valence-electron chi connectivity index (χ0n) is 13.2. The number of halogens is 1. The van der Waals surface area contributed by atoms with E-state index in [1.54, 1.807) is 11.3 Å². The molecule has 1 heterocycles. The first-order chi connectivity index (χ1) is 11.8. The van der Waals surface area contributed by atoms with E-state index in [9.17, 15) is 4.39 Å². The lowest BCUT2D eigenvalue weighted by Crippen LogP contribution is -1.96. The number of hydrogen-bond donors (Lipinski definition) is 0. The molecule has 0 fully saturated rings. The van der Waals surface area contributed by atoms with Crippen molar-refractivity contribution < 1.29 is 9.13 Å². The Hall–Kier alpha value is -2.41. The lowest BCUT2D eigenvalue weighted by molar-refractivity contribution is 0.106. The number of ether oxygens (including phenoxy) is 1. The molecule has 0 amide bonds. The van der Waals surface area contributed by atoms with E-state index >= 15 is 0 Å². The molecule has 3 rings (SSSR count). The van der Waals surface area contributed by atoms with Gasteiger partial charge in [-0.25, -0.2) is 4.39 Å². The van der Waals surface area contributed by atoms with Crippen molar-refractivity contribution in [3.8, 4) is 22.3 Å². The minimum atomic E-state index is -0.449. The number of hydrogen-bond acceptors (Lipinski definition) is 2. The normalized spacial score (nSPS) is 10.2. The quantitative estimate of drug-likeness (QED) is 0.454. The predicted octanol–water partition coefficient (Wildman–Crippen LogP) is 5.30. The SMILES string of the molecule is FCCOCc1ccc(C#Cc2ccc(-c3ccccc3)s2)cc1. The Labute approximate surface area is 145 Å². The van der Waals surface area contributed by atoms with Gasteiger partial charge in [0.1, 0.15) is 6.67 Å². The molecule has 0 radical (unpaired) electrons. The third kappa shape index (κ3) is 4.55. The van der Waals surface area contributed by atoms with Gasteiger partial charge >= 0.3 is 0 Å². The van der Waals surface area contributed by atoms with Crippen LogP contribution in [0.3, 0.4) is 0 Å². The van der Waals surface area contributed by atoms with Crippen molar-refractivity contribution in [2.45, 2.75) is 6.61 Å². The van der Waals surface area contributed by atoms with E-state index in [-0.39, 0.29) is 6.61 Å². The molecule has 0 aliphatic heterocycles. The molecule has 0 spiro atoms. The molecule has 0 aliphatic carbocycles. The zero-order valence-corrected chi connectivity index (χ0v) is 14.0. The maximum Gasteiger partial charge on any atom is 0.113 e. The topological polar surface area (TPSA) is 9.23 Å². The molecule has 1 aromatic heterocycles. The van der Waals surface area contributed by atoms with E-state index in [0.717, 1.165) is 16.0 Å². The van der Waals surface area contributed by atoms with Crippen LogP contribution in [-0.4, -0.2) is 13.3 Å². The molecule has 3 aromatic rings. The van der Waals surface area contributed by atoms with Gasteiger partial charge in [-0.2, -0.15) is 0 Å². The summed E-state index contributed by atoms with van der Waals surface area (Å²) in [5, 5.41) is 0. The maximum atomic E-state index is 12.0. The van der Waals surface area contributed by atoms with Gasteiger partial charge in [-0.15, -0.1) is 11.3 Å². The average Bonchev–Trinajstić information content (AvgIpc) is 3.11. The van der Waals surface area contributed by atoms with Crippen molar-refractivity contribution in [2.75, 3.05) is 13.3 Å². The molecule has 120 valence electrons. The van der Waals surface area contributed by atoms with E-state index in [2.05, 4.69) is 36.1 Å². The molecule has 0 unspecified atom stereocenters. The first-order valence-electron chi connectivity index (χ1n) is 7.75. The molecule has 0 saturated carbocycles. The molecule has 0 saturated heterocycles. The minimum Gasteiger partial charge on any atom is -0.374 e. The van der Waals surface area contributed by atoms with Crippen LogP contribution in [0.15, 0.2) is 66.7 Å². The molecular formula is C21H17FOS. The Morgan fingerprint density at radius 1 is 0.875 bits per heavy atom. The molecular weight excluding hydrogens is 319 g/mol. The van der Waals surface area contributed by atoms with Crippen LogP contribution in [-0.2, 0) is 11.3 Å². The van der Waals surface area contributed by atoms with E-state index in [0.29, 0.717) is 6.61 Å². The summed E-state index contributed by atoms with van der Waals surface area (Å²) in [6.07, 6.45) is 0. The highest BCUT2D eigenvalue weighted by atomic mass is 32.1. The number of benzene rings is 2. The van der Waals surface area contributed by atoms with E-state index in [1.807, 2.05) is 42.5 Å². The number of alkyl halides is 1. The molecule has 24 heavy (non-hydrogen) atoms. The van der Waals surface area contributed by atoms with Gasteiger partial charge in [0, 0.05) is 10.4 Å². The van der Waals surface area contributed by atoms with Crippen LogP contribution in [0.2, 0.25) is 0 Å². The monoisotopic (exact) mass is 336 g/mol. The summed E-state index contributed by atoms with van der Waals surface area (Å²) in [5.41, 5.74) is 3.20. The standard InChI is InChI=1S/C21H17FOS/c22-14-15-23-16-18-8-6-17(7-9-18)10-11-20-12-13-21(24-20)19-4-2-1-3-5-19/h1-9,12-13H,14-16H2. The van der Waals surface area contributed by atoms with Crippen molar-refractivity contribution >= 4 is 11.3 Å².